The molecule has 6 nitrogen and oxygen atoms in total. The van der Waals surface area contributed by atoms with Crippen LogP contribution >= 0.6 is 0 Å². The Morgan fingerprint density at radius 2 is 2.10 bits per heavy atom. The second kappa shape index (κ2) is 6.28. The van der Waals surface area contributed by atoms with Crippen molar-refractivity contribution < 1.29 is 14.3 Å². The monoisotopic (exact) mass is 293 g/mol. The molecule has 0 spiro atoms. The van der Waals surface area contributed by atoms with Gasteiger partial charge in [-0.05, 0) is 12.8 Å². The van der Waals surface area contributed by atoms with E-state index in [2.05, 4.69) is 5.10 Å². The van der Waals surface area contributed by atoms with E-state index in [9.17, 15) is 9.59 Å². The van der Waals surface area contributed by atoms with Crippen molar-refractivity contribution in [2.75, 3.05) is 13.2 Å². The summed E-state index contributed by atoms with van der Waals surface area (Å²) in [6, 6.07) is 0. The molecule has 0 N–H and O–H groups in total. The maximum Gasteiger partial charge on any atom is 0.359 e. The lowest BCUT2D eigenvalue weighted by Crippen LogP contribution is -2.37. The Kier molecular flexibility index (Phi) is 4.65. The number of ether oxygens (including phenoxy) is 1. The van der Waals surface area contributed by atoms with Crippen molar-refractivity contribution in [3.8, 4) is 0 Å². The van der Waals surface area contributed by atoms with Crippen molar-refractivity contribution in [2.45, 2.75) is 40.2 Å². The third kappa shape index (κ3) is 3.25. The van der Waals surface area contributed by atoms with Crippen LogP contribution in [0.5, 0.6) is 0 Å². The number of carbonyl (C=O) groups is 2. The first kappa shape index (κ1) is 15.5. The topological polar surface area (TPSA) is 64.4 Å². The zero-order valence-corrected chi connectivity index (χ0v) is 13.2. The average molecular weight is 293 g/mol. The highest BCUT2D eigenvalue weighted by molar-refractivity contribution is 5.89. The van der Waals surface area contributed by atoms with Crippen molar-refractivity contribution in [3.05, 3.63) is 17.0 Å². The fourth-order valence-electron chi connectivity index (χ4n) is 2.65. The van der Waals surface area contributed by atoms with Gasteiger partial charge in [0.05, 0.1) is 6.61 Å². The van der Waals surface area contributed by atoms with Gasteiger partial charge in [-0.25, -0.2) is 4.79 Å². The fourth-order valence-corrected chi connectivity index (χ4v) is 2.65. The highest BCUT2D eigenvalue weighted by atomic mass is 16.5. The summed E-state index contributed by atoms with van der Waals surface area (Å²) >= 11 is 0. The molecule has 1 aromatic rings. The van der Waals surface area contributed by atoms with Crippen molar-refractivity contribution in [1.82, 2.24) is 14.7 Å². The predicted molar refractivity (Wildman–Crippen MR) is 77.7 cm³/mol. The summed E-state index contributed by atoms with van der Waals surface area (Å²) in [4.78, 5) is 26.0. The Bertz CT molecular complexity index is 549. The number of hydrogen-bond donors (Lipinski definition) is 0. The van der Waals surface area contributed by atoms with Crippen molar-refractivity contribution in [1.29, 1.82) is 0 Å². The maximum absolute atomic E-state index is 12.2. The van der Waals surface area contributed by atoms with Crippen LogP contribution in [0.15, 0.2) is 0 Å². The minimum Gasteiger partial charge on any atom is -0.461 e. The number of aromatic nitrogens is 2. The van der Waals surface area contributed by atoms with Crippen molar-refractivity contribution in [2.24, 2.45) is 13.0 Å². The average Bonchev–Trinajstić information content (AvgIpc) is 2.75. The van der Waals surface area contributed by atoms with Crippen LogP contribution in [-0.4, -0.2) is 39.7 Å². The van der Waals surface area contributed by atoms with Crippen LogP contribution in [-0.2, 0) is 29.5 Å². The maximum atomic E-state index is 12.2. The van der Waals surface area contributed by atoms with Crippen LogP contribution < -0.4 is 0 Å². The van der Waals surface area contributed by atoms with E-state index in [1.807, 2.05) is 25.8 Å². The molecule has 0 aliphatic carbocycles. The van der Waals surface area contributed by atoms with Gasteiger partial charge in [0.2, 0.25) is 5.91 Å². The standard InChI is InChI=1S/C15H23N3O3/c1-5-21-15(20)14-11-9-18(13(19)8-10(2)3)7-6-12(11)17(4)16-14/h10H,5-9H2,1-4H3. The lowest BCUT2D eigenvalue weighted by Gasteiger charge is -2.28. The SMILES string of the molecule is CCOC(=O)c1nn(C)c2c1CN(C(=O)CC(C)C)CC2. The van der Waals surface area contributed by atoms with Crippen LogP contribution in [0.25, 0.3) is 0 Å². The Hall–Kier alpha value is -1.85. The summed E-state index contributed by atoms with van der Waals surface area (Å²) in [6.07, 6.45) is 1.26. The van der Waals surface area contributed by atoms with Gasteiger partial charge in [0.15, 0.2) is 5.69 Å². The largest absolute Gasteiger partial charge is 0.461 e. The molecule has 2 rings (SSSR count). The summed E-state index contributed by atoms with van der Waals surface area (Å²) in [7, 11) is 1.83. The van der Waals surface area contributed by atoms with Crippen LogP contribution in [0.1, 0.15) is 48.9 Å². The van der Waals surface area contributed by atoms with E-state index in [1.165, 1.54) is 0 Å². The fraction of sp³-hybridized carbons (Fsp3) is 0.667. The molecule has 21 heavy (non-hydrogen) atoms. The Morgan fingerprint density at radius 3 is 2.71 bits per heavy atom. The van der Waals surface area contributed by atoms with Gasteiger partial charge in [-0.1, -0.05) is 13.8 Å². The summed E-state index contributed by atoms with van der Waals surface area (Å²) in [6.45, 7) is 7.28. The second-order valence-electron chi connectivity index (χ2n) is 5.78. The normalized spacial score (nSPS) is 14.2. The first-order chi connectivity index (χ1) is 9.93. The van der Waals surface area contributed by atoms with Gasteiger partial charge in [-0.3, -0.25) is 9.48 Å². The Balaban J connectivity index is 2.22. The summed E-state index contributed by atoms with van der Waals surface area (Å²) < 4.78 is 6.78. The molecule has 1 aliphatic heterocycles. The van der Waals surface area contributed by atoms with Gasteiger partial charge in [-0.2, -0.15) is 5.10 Å². The molecule has 0 fully saturated rings. The predicted octanol–water partition coefficient (Wildman–Crippen LogP) is 1.53. The van der Waals surface area contributed by atoms with Crippen LogP contribution in [0.2, 0.25) is 0 Å². The van der Waals surface area contributed by atoms with Gasteiger partial charge < -0.3 is 9.64 Å². The lowest BCUT2D eigenvalue weighted by atomic mass is 10.0. The van der Waals surface area contributed by atoms with Gasteiger partial charge in [0, 0.05) is 44.2 Å². The zero-order chi connectivity index (χ0) is 15.6. The van der Waals surface area contributed by atoms with Gasteiger partial charge in [-0.15, -0.1) is 0 Å². The Morgan fingerprint density at radius 1 is 1.38 bits per heavy atom. The van der Waals surface area contributed by atoms with Crippen LogP contribution in [0.4, 0.5) is 0 Å². The third-order valence-corrected chi connectivity index (χ3v) is 3.65. The van der Waals surface area contributed by atoms with Crippen molar-refractivity contribution >= 4 is 11.9 Å². The van der Waals surface area contributed by atoms with E-state index in [1.54, 1.807) is 11.6 Å². The number of hydrogen-bond acceptors (Lipinski definition) is 4. The van der Waals surface area contributed by atoms with Gasteiger partial charge >= 0.3 is 5.97 Å². The highest BCUT2D eigenvalue weighted by Crippen LogP contribution is 2.23. The van der Waals surface area contributed by atoms with Crippen molar-refractivity contribution in [3.63, 3.8) is 0 Å². The molecular weight excluding hydrogens is 270 g/mol. The van der Waals surface area contributed by atoms with Gasteiger partial charge in [0.1, 0.15) is 0 Å². The van der Waals surface area contributed by atoms with E-state index in [-0.39, 0.29) is 5.91 Å². The molecule has 0 radical (unpaired) electrons. The summed E-state index contributed by atoms with van der Waals surface area (Å²) in [5.74, 6) is 0.0548. The minimum atomic E-state index is -0.410. The number of nitrogens with zero attached hydrogens (tertiary/aromatic N) is 3. The van der Waals surface area contributed by atoms with E-state index in [4.69, 9.17) is 4.74 Å². The molecule has 0 bridgehead atoms. The molecule has 0 aromatic carbocycles. The molecule has 0 saturated heterocycles. The molecule has 6 heteroatoms. The Labute approximate surface area is 125 Å². The van der Waals surface area contributed by atoms with E-state index in [0.717, 1.165) is 17.7 Å². The first-order valence-corrected chi connectivity index (χ1v) is 7.43. The number of esters is 1. The highest BCUT2D eigenvalue weighted by Gasteiger charge is 2.29. The zero-order valence-electron chi connectivity index (χ0n) is 13.2. The first-order valence-electron chi connectivity index (χ1n) is 7.43. The van der Waals surface area contributed by atoms with E-state index >= 15 is 0 Å². The summed E-state index contributed by atoms with van der Waals surface area (Å²) in [5, 5.41) is 4.27. The number of rotatable bonds is 4. The molecule has 0 atom stereocenters. The molecule has 1 aromatic heterocycles. The van der Waals surface area contributed by atoms with E-state index < -0.39 is 5.97 Å². The van der Waals surface area contributed by atoms with Gasteiger partial charge in [0.25, 0.3) is 0 Å². The molecule has 0 saturated carbocycles. The second-order valence-corrected chi connectivity index (χ2v) is 5.78. The number of aryl methyl sites for hydroxylation is 1. The quantitative estimate of drug-likeness (QED) is 0.790. The summed E-state index contributed by atoms with van der Waals surface area (Å²) in [5.41, 5.74) is 2.20. The van der Waals surface area contributed by atoms with Crippen LogP contribution in [0, 0.1) is 5.92 Å². The number of carbonyl (C=O) groups excluding carboxylic acids is 2. The number of amides is 1. The molecule has 1 amide bonds. The smallest absolute Gasteiger partial charge is 0.359 e. The molecule has 0 unspecified atom stereocenters. The molecule has 116 valence electrons. The lowest BCUT2D eigenvalue weighted by molar-refractivity contribution is -0.132. The van der Waals surface area contributed by atoms with Crippen LogP contribution in [0.3, 0.4) is 0 Å². The molecule has 2 heterocycles. The third-order valence-electron chi connectivity index (χ3n) is 3.65. The minimum absolute atomic E-state index is 0.134. The number of fused-ring (bicyclic) bond motifs is 1. The molecule has 1 aliphatic rings. The van der Waals surface area contributed by atoms with E-state index in [0.29, 0.717) is 37.7 Å². The molecular formula is C15H23N3O3.